The van der Waals surface area contributed by atoms with E-state index in [1.54, 1.807) is 20.8 Å². The maximum atomic E-state index is 12.8. The van der Waals surface area contributed by atoms with Gasteiger partial charge in [-0.3, -0.25) is 14.4 Å². The van der Waals surface area contributed by atoms with E-state index in [1.165, 1.54) is 11.8 Å². The zero-order valence-corrected chi connectivity index (χ0v) is 20.0. The summed E-state index contributed by atoms with van der Waals surface area (Å²) in [5.74, 6) is -2.53. The third kappa shape index (κ3) is 9.57. The molecule has 174 valence electrons. The second kappa shape index (κ2) is 14.5. The first-order valence-electron chi connectivity index (χ1n) is 9.99. The Hall–Kier alpha value is -1.46. The number of carboxylic acids is 1. The minimum atomic E-state index is -1.12. The molecule has 0 aromatic heterocycles. The second-order valence-electron chi connectivity index (χ2n) is 7.57. The van der Waals surface area contributed by atoms with Gasteiger partial charge in [0.2, 0.25) is 17.7 Å². The number of carbonyl (C=O) groups is 4. The highest BCUT2D eigenvalue weighted by atomic mass is 32.2. The van der Waals surface area contributed by atoms with Gasteiger partial charge in [0.1, 0.15) is 18.1 Å². The molecule has 6 N–H and O–H groups in total. The molecule has 0 aliphatic carbocycles. The van der Waals surface area contributed by atoms with Gasteiger partial charge < -0.3 is 26.8 Å². The molecular weight excluding hydrogens is 428 g/mol. The van der Waals surface area contributed by atoms with Gasteiger partial charge in [0.05, 0.1) is 6.04 Å². The summed E-state index contributed by atoms with van der Waals surface area (Å²) in [6, 6.07) is -3.72. The lowest BCUT2D eigenvalue weighted by molar-refractivity contribution is -0.143. The van der Waals surface area contributed by atoms with Crippen molar-refractivity contribution in [2.24, 2.45) is 17.6 Å². The Balaban J connectivity index is 5.40. The van der Waals surface area contributed by atoms with Crippen LogP contribution in [-0.2, 0) is 19.2 Å². The van der Waals surface area contributed by atoms with E-state index in [-0.39, 0.29) is 17.6 Å². The third-order valence-electron chi connectivity index (χ3n) is 4.80. The summed E-state index contributed by atoms with van der Waals surface area (Å²) >= 11 is 5.49. The second-order valence-corrected chi connectivity index (χ2v) is 8.92. The summed E-state index contributed by atoms with van der Waals surface area (Å²) < 4.78 is 0. The first kappa shape index (κ1) is 28.5. The molecule has 0 radical (unpaired) electrons. The van der Waals surface area contributed by atoms with Gasteiger partial charge in [-0.15, -0.1) is 0 Å². The van der Waals surface area contributed by atoms with Crippen molar-refractivity contribution in [3.8, 4) is 0 Å². The molecule has 0 aromatic rings. The monoisotopic (exact) mass is 464 g/mol. The Bertz CT molecular complexity index is 591. The molecule has 0 bridgehead atoms. The molecule has 0 aliphatic rings. The smallest absolute Gasteiger partial charge is 0.326 e. The molecule has 5 unspecified atom stereocenters. The third-order valence-corrected chi connectivity index (χ3v) is 5.84. The number of thiol groups is 1. The van der Waals surface area contributed by atoms with E-state index in [4.69, 9.17) is 5.73 Å². The summed E-state index contributed by atoms with van der Waals surface area (Å²) in [6.07, 6.45) is 2.76. The van der Waals surface area contributed by atoms with Gasteiger partial charge >= 0.3 is 5.97 Å². The van der Waals surface area contributed by atoms with Crippen LogP contribution in [0.4, 0.5) is 0 Å². The topological polar surface area (TPSA) is 151 Å². The predicted molar refractivity (Wildman–Crippen MR) is 123 cm³/mol. The molecule has 3 amide bonds. The average Bonchev–Trinajstić information content (AvgIpc) is 2.70. The fraction of sp³-hybridized carbons (Fsp3) is 0.789. The van der Waals surface area contributed by atoms with Gasteiger partial charge in [-0.1, -0.05) is 34.1 Å². The first-order chi connectivity index (χ1) is 14.0. The van der Waals surface area contributed by atoms with Crippen LogP contribution in [0.3, 0.4) is 0 Å². The molecule has 0 aromatic carbocycles. The van der Waals surface area contributed by atoms with Crippen molar-refractivity contribution in [2.45, 2.75) is 64.7 Å². The van der Waals surface area contributed by atoms with Gasteiger partial charge in [-0.05, 0) is 30.3 Å². The number of rotatable bonds is 14. The lowest BCUT2D eigenvalue weighted by Crippen LogP contribution is -2.59. The van der Waals surface area contributed by atoms with Crippen molar-refractivity contribution >= 4 is 48.1 Å². The van der Waals surface area contributed by atoms with Crippen LogP contribution >= 0.6 is 24.4 Å². The van der Waals surface area contributed by atoms with Crippen LogP contribution in [-0.4, -0.2) is 70.7 Å². The van der Waals surface area contributed by atoms with Crippen LogP contribution in [0.1, 0.15) is 40.5 Å². The van der Waals surface area contributed by atoms with E-state index in [0.717, 1.165) is 0 Å². The van der Waals surface area contributed by atoms with Crippen molar-refractivity contribution in [3.05, 3.63) is 0 Å². The number of carbonyl (C=O) groups excluding carboxylic acids is 3. The molecule has 0 saturated heterocycles. The minimum Gasteiger partial charge on any atom is -0.480 e. The van der Waals surface area contributed by atoms with Crippen molar-refractivity contribution in [1.82, 2.24) is 16.0 Å². The van der Waals surface area contributed by atoms with E-state index >= 15 is 0 Å². The minimum absolute atomic E-state index is 0.128. The molecule has 0 spiro atoms. The average molecular weight is 465 g/mol. The number of hydrogen-bond donors (Lipinski definition) is 6. The highest BCUT2D eigenvalue weighted by Crippen LogP contribution is 2.10. The number of nitrogens with one attached hydrogen (secondary N) is 3. The number of nitrogens with two attached hydrogens (primary N) is 1. The maximum absolute atomic E-state index is 12.8. The van der Waals surface area contributed by atoms with Crippen LogP contribution in [0.5, 0.6) is 0 Å². The lowest BCUT2D eigenvalue weighted by atomic mass is 9.98. The normalized spacial score (nSPS) is 16.1. The Morgan fingerprint density at radius 2 is 1.57 bits per heavy atom. The molecule has 0 rings (SSSR count). The van der Waals surface area contributed by atoms with Gasteiger partial charge in [-0.25, -0.2) is 4.79 Å². The summed E-state index contributed by atoms with van der Waals surface area (Å²) in [4.78, 5) is 49.2. The van der Waals surface area contributed by atoms with Crippen molar-refractivity contribution < 1.29 is 24.3 Å². The predicted octanol–water partition coefficient (Wildman–Crippen LogP) is 0.238. The van der Waals surface area contributed by atoms with E-state index in [0.29, 0.717) is 18.6 Å². The molecule has 0 saturated carbocycles. The van der Waals surface area contributed by atoms with Crippen molar-refractivity contribution in [3.63, 3.8) is 0 Å². The van der Waals surface area contributed by atoms with E-state index in [9.17, 15) is 24.3 Å². The number of aliphatic carboxylic acids is 1. The van der Waals surface area contributed by atoms with E-state index < -0.39 is 47.9 Å². The maximum Gasteiger partial charge on any atom is 0.326 e. The fourth-order valence-corrected chi connectivity index (χ4v) is 3.22. The largest absolute Gasteiger partial charge is 0.480 e. The Labute approximate surface area is 188 Å². The highest BCUT2D eigenvalue weighted by Gasteiger charge is 2.32. The molecular formula is C19H36N4O5S2. The number of thioether (sulfide) groups is 1. The van der Waals surface area contributed by atoms with Crippen LogP contribution in [0.25, 0.3) is 0 Å². The Kier molecular flexibility index (Phi) is 13.8. The SMILES string of the molecule is CCC(C)C(NC(=O)C(CCSC)NC(=O)C(NC(=O)C(N)CS)C(C)C)C(=O)O. The van der Waals surface area contributed by atoms with Crippen molar-refractivity contribution in [1.29, 1.82) is 0 Å². The molecule has 11 heteroatoms. The van der Waals surface area contributed by atoms with Gasteiger partial charge in [0.15, 0.2) is 0 Å². The fourth-order valence-electron chi connectivity index (χ4n) is 2.58. The zero-order chi connectivity index (χ0) is 23.4. The number of amides is 3. The summed E-state index contributed by atoms with van der Waals surface area (Å²) in [7, 11) is 0. The van der Waals surface area contributed by atoms with E-state index in [2.05, 4.69) is 28.6 Å². The van der Waals surface area contributed by atoms with Gasteiger partial charge in [-0.2, -0.15) is 24.4 Å². The van der Waals surface area contributed by atoms with Gasteiger partial charge in [0.25, 0.3) is 0 Å². The first-order valence-corrected chi connectivity index (χ1v) is 12.0. The molecule has 5 atom stereocenters. The summed E-state index contributed by atoms with van der Waals surface area (Å²) in [6.45, 7) is 7.10. The number of carboxylic acid groups (broad SMARTS) is 1. The van der Waals surface area contributed by atoms with Crippen molar-refractivity contribution in [2.75, 3.05) is 17.8 Å². The summed E-state index contributed by atoms with van der Waals surface area (Å²) in [5.41, 5.74) is 5.66. The molecule has 30 heavy (non-hydrogen) atoms. The molecule has 0 fully saturated rings. The van der Waals surface area contributed by atoms with Crippen LogP contribution in [0.15, 0.2) is 0 Å². The van der Waals surface area contributed by atoms with Crippen LogP contribution in [0.2, 0.25) is 0 Å². The van der Waals surface area contributed by atoms with Gasteiger partial charge in [0, 0.05) is 5.75 Å². The van der Waals surface area contributed by atoms with Crippen LogP contribution in [0, 0.1) is 11.8 Å². The highest BCUT2D eigenvalue weighted by molar-refractivity contribution is 7.98. The zero-order valence-electron chi connectivity index (χ0n) is 18.3. The van der Waals surface area contributed by atoms with E-state index in [1.807, 2.05) is 13.2 Å². The molecule has 9 nitrogen and oxygen atoms in total. The van der Waals surface area contributed by atoms with Crippen LogP contribution < -0.4 is 21.7 Å². The Morgan fingerprint density at radius 1 is 1.00 bits per heavy atom. The molecule has 0 heterocycles. The lowest BCUT2D eigenvalue weighted by Gasteiger charge is -2.27. The quantitative estimate of drug-likeness (QED) is 0.202. The standard InChI is InChI=1S/C19H36N4O5S2/c1-6-11(4)15(19(27)28)23-17(25)13(7-8-30-5)21-18(26)14(10(2)3)22-16(24)12(20)9-29/h10-15,29H,6-9,20H2,1-5H3,(H,21,26)(H,22,24)(H,23,25)(H,27,28). The molecule has 0 aliphatic heterocycles. The Morgan fingerprint density at radius 3 is 2.00 bits per heavy atom. The summed E-state index contributed by atoms with van der Waals surface area (Å²) in [5, 5.41) is 17.2. The number of hydrogen-bond acceptors (Lipinski definition) is 7.